The van der Waals surface area contributed by atoms with Crippen LogP contribution in [0.5, 0.6) is 0 Å². The van der Waals surface area contributed by atoms with E-state index in [4.69, 9.17) is 16.2 Å². The second-order valence-corrected chi connectivity index (χ2v) is 7.77. The van der Waals surface area contributed by atoms with Crippen LogP contribution in [0.3, 0.4) is 0 Å². The van der Waals surface area contributed by atoms with Crippen molar-refractivity contribution >= 4 is 45.5 Å². The smallest absolute Gasteiger partial charge is 0.326 e. The summed E-state index contributed by atoms with van der Waals surface area (Å²) in [5.74, 6) is -0.902. The molecule has 0 aliphatic rings. The Labute approximate surface area is 175 Å². The van der Waals surface area contributed by atoms with Crippen LogP contribution in [-0.4, -0.2) is 31.1 Å². The van der Waals surface area contributed by atoms with Crippen LogP contribution >= 0.6 is 11.6 Å². The number of nitrogens with zero attached hydrogens (tertiary/aromatic N) is 1. The molecule has 1 aromatic heterocycles. The molecule has 0 radical (unpaired) electrons. The third-order valence-electron chi connectivity index (χ3n) is 4.82. The molecule has 0 amide bonds. The molecule has 154 valence electrons. The maximum atomic E-state index is 12.1. The molecule has 3 rings (SSSR count). The molecule has 0 bridgehead atoms. The van der Waals surface area contributed by atoms with E-state index in [2.05, 4.69) is 9.50 Å². The molecule has 0 spiro atoms. The molecule has 3 aromatic rings. The number of anilines is 1. The number of aliphatic carboxylic acids is 1. The van der Waals surface area contributed by atoms with E-state index in [0.29, 0.717) is 17.1 Å². The van der Waals surface area contributed by atoms with Gasteiger partial charge in [-0.25, -0.2) is 8.98 Å². The van der Waals surface area contributed by atoms with E-state index < -0.39 is 23.4 Å². The van der Waals surface area contributed by atoms with Crippen LogP contribution in [0.1, 0.15) is 30.9 Å². The Bertz CT molecular complexity index is 1020. The number of halogens is 1. The average molecular weight is 437 g/mol. The predicted molar refractivity (Wildman–Crippen MR) is 113 cm³/mol. The fourth-order valence-electron chi connectivity index (χ4n) is 3.37. The third-order valence-corrected chi connectivity index (χ3v) is 5.39. The summed E-state index contributed by atoms with van der Waals surface area (Å²) in [5, 5.41) is 14.2. The van der Waals surface area contributed by atoms with Gasteiger partial charge in [0.1, 0.15) is 12.8 Å². The van der Waals surface area contributed by atoms with Crippen molar-refractivity contribution in [3.63, 3.8) is 0 Å². The molecule has 3 N–H and O–H groups in total. The first kappa shape index (κ1) is 21.3. The third kappa shape index (κ3) is 5.16. The largest absolute Gasteiger partial charge is 0.480 e. The molecular formula is C20H21ClN2O5S. The number of nitrogens with one attached hydrogen (secondary N) is 1. The summed E-state index contributed by atoms with van der Waals surface area (Å²) >= 11 is 3.58. The maximum Gasteiger partial charge on any atom is 0.326 e. The Hall–Kier alpha value is -2.39. The molecule has 0 aliphatic carbocycles. The molecule has 7 nitrogen and oxygen atoms in total. The lowest BCUT2D eigenvalue weighted by Gasteiger charge is -2.21. The highest BCUT2D eigenvalue weighted by atomic mass is 35.5. The summed E-state index contributed by atoms with van der Waals surface area (Å²) in [6.45, 7) is 1.84. The number of aromatic nitrogens is 1. The van der Waals surface area contributed by atoms with Crippen LogP contribution in [-0.2, 0) is 20.3 Å². The van der Waals surface area contributed by atoms with Gasteiger partial charge in [0, 0.05) is 22.3 Å². The molecular weight excluding hydrogens is 416 g/mol. The van der Waals surface area contributed by atoms with E-state index in [1.165, 1.54) is 0 Å². The molecule has 3 unspecified atom stereocenters. The fraction of sp³-hybridized carbons (Fsp3) is 0.250. The number of carboxylic acid groups (broad SMARTS) is 1. The quantitative estimate of drug-likeness (QED) is 0.334. The zero-order valence-corrected chi connectivity index (χ0v) is 17.2. The molecule has 9 heteroatoms. The highest BCUT2D eigenvalue weighted by Crippen LogP contribution is 2.32. The Morgan fingerprint density at radius 3 is 2.62 bits per heavy atom. The Morgan fingerprint density at radius 1 is 1.24 bits per heavy atom. The average Bonchev–Trinajstić information content (AvgIpc) is 3.10. The standard InChI is InChI=1S/C20H21ClN2O5S/c1-13(14-5-7-15(21)8-6-14)11-19(20(24)25)23-10-9-16-17(3-2-4-18(16)23)22-12-28-29(26)27/h2-10,13,19,22H,11-12H2,1H3,(H,24,25)(H,26,27). The first-order valence-corrected chi connectivity index (χ1v) is 10.3. The van der Waals surface area contributed by atoms with Gasteiger partial charge in [-0.15, -0.1) is 0 Å². The van der Waals surface area contributed by atoms with Crippen molar-refractivity contribution in [1.82, 2.24) is 4.57 Å². The first-order valence-electron chi connectivity index (χ1n) is 8.92. The Morgan fingerprint density at radius 2 is 1.97 bits per heavy atom. The lowest BCUT2D eigenvalue weighted by Crippen LogP contribution is -2.20. The summed E-state index contributed by atoms with van der Waals surface area (Å²) in [6.07, 6.45) is 2.15. The van der Waals surface area contributed by atoms with Crippen LogP contribution in [0.2, 0.25) is 5.02 Å². The second kappa shape index (κ2) is 9.41. The van der Waals surface area contributed by atoms with Crippen molar-refractivity contribution in [2.24, 2.45) is 0 Å². The number of fused-ring (bicyclic) bond motifs is 1. The molecule has 29 heavy (non-hydrogen) atoms. The zero-order valence-electron chi connectivity index (χ0n) is 15.6. The molecule has 1 heterocycles. The van der Waals surface area contributed by atoms with E-state index in [1.807, 2.05) is 31.2 Å². The SMILES string of the molecule is CC(CC(C(=O)O)n1ccc2c(NCOS(=O)O)cccc21)c1ccc(Cl)cc1. The van der Waals surface area contributed by atoms with Crippen LogP contribution in [0.25, 0.3) is 10.9 Å². The zero-order chi connectivity index (χ0) is 21.0. The van der Waals surface area contributed by atoms with Crippen molar-refractivity contribution in [3.8, 4) is 0 Å². The van der Waals surface area contributed by atoms with Crippen LogP contribution in [0.15, 0.2) is 54.7 Å². The van der Waals surface area contributed by atoms with Gasteiger partial charge in [0.15, 0.2) is 0 Å². The lowest BCUT2D eigenvalue weighted by atomic mass is 9.93. The number of carboxylic acids is 1. The lowest BCUT2D eigenvalue weighted by molar-refractivity contribution is -0.141. The molecule has 0 aliphatic heterocycles. The van der Waals surface area contributed by atoms with Crippen molar-refractivity contribution in [2.45, 2.75) is 25.3 Å². The Kier molecular flexibility index (Phi) is 6.92. The minimum absolute atomic E-state index is 0.0139. The van der Waals surface area contributed by atoms with E-state index in [9.17, 15) is 14.1 Å². The number of benzene rings is 2. The number of hydrogen-bond donors (Lipinski definition) is 3. The van der Waals surface area contributed by atoms with E-state index in [-0.39, 0.29) is 12.6 Å². The highest BCUT2D eigenvalue weighted by molar-refractivity contribution is 7.74. The van der Waals surface area contributed by atoms with Gasteiger partial charge in [-0.1, -0.05) is 36.7 Å². The summed E-state index contributed by atoms with van der Waals surface area (Å²) in [7, 11) is 0. The normalized spacial score (nSPS) is 14.4. The summed E-state index contributed by atoms with van der Waals surface area (Å²) in [5.41, 5.74) is 2.45. The summed E-state index contributed by atoms with van der Waals surface area (Å²) < 4.78 is 25.7. The minimum Gasteiger partial charge on any atom is -0.480 e. The summed E-state index contributed by atoms with van der Waals surface area (Å²) in [6, 6.07) is 13.9. The van der Waals surface area contributed by atoms with Crippen molar-refractivity contribution in [1.29, 1.82) is 0 Å². The van der Waals surface area contributed by atoms with Crippen molar-refractivity contribution in [2.75, 3.05) is 12.0 Å². The van der Waals surface area contributed by atoms with Crippen molar-refractivity contribution < 1.29 is 22.8 Å². The van der Waals surface area contributed by atoms with Gasteiger partial charge in [0.2, 0.25) is 0 Å². The van der Waals surface area contributed by atoms with Crippen LogP contribution in [0, 0.1) is 0 Å². The summed E-state index contributed by atoms with van der Waals surface area (Å²) in [4.78, 5) is 12.1. The number of hydrogen-bond acceptors (Lipinski definition) is 4. The van der Waals surface area contributed by atoms with Crippen molar-refractivity contribution in [3.05, 3.63) is 65.3 Å². The Balaban J connectivity index is 1.86. The topological polar surface area (TPSA) is 101 Å². The van der Waals surface area contributed by atoms with E-state index in [0.717, 1.165) is 16.5 Å². The number of rotatable bonds is 9. The van der Waals surface area contributed by atoms with E-state index >= 15 is 0 Å². The highest BCUT2D eigenvalue weighted by Gasteiger charge is 2.24. The second-order valence-electron chi connectivity index (χ2n) is 6.66. The number of carbonyl (C=O) groups is 1. The molecule has 0 fully saturated rings. The van der Waals surface area contributed by atoms with Gasteiger partial charge in [0.25, 0.3) is 0 Å². The van der Waals surface area contributed by atoms with Gasteiger partial charge in [0.05, 0.1) is 5.52 Å². The van der Waals surface area contributed by atoms with Gasteiger partial charge < -0.3 is 15.0 Å². The van der Waals surface area contributed by atoms with Crippen LogP contribution < -0.4 is 5.32 Å². The fourth-order valence-corrected chi connectivity index (χ4v) is 3.65. The van der Waals surface area contributed by atoms with Gasteiger partial charge in [-0.3, -0.25) is 4.55 Å². The first-order chi connectivity index (χ1) is 13.9. The molecule has 2 aromatic carbocycles. The van der Waals surface area contributed by atoms with Crippen LogP contribution in [0.4, 0.5) is 5.69 Å². The predicted octanol–water partition coefficient (Wildman–Crippen LogP) is 4.64. The molecule has 0 saturated heterocycles. The van der Waals surface area contributed by atoms with Gasteiger partial charge in [-0.05, 0) is 48.2 Å². The minimum atomic E-state index is -2.36. The molecule has 0 saturated carbocycles. The molecule has 3 atom stereocenters. The van der Waals surface area contributed by atoms with Gasteiger partial charge in [-0.2, -0.15) is 4.21 Å². The maximum absolute atomic E-state index is 12.1. The van der Waals surface area contributed by atoms with Gasteiger partial charge >= 0.3 is 17.3 Å². The van der Waals surface area contributed by atoms with E-state index in [1.54, 1.807) is 35.0 Å². The monoisotopic (exact) mass is 436 g/mol.